The van der Waals surface area contributed by atoms with Crippen LogP contribution in [0.1, 0.15) is 36.7 Å². The zero-order chi connectivity index (χ0) is 15.1. The number of aromatic carboxylic acids is 1. The summed E-state index contributed by atoms with van der Waals surface area (Å²) in [4.78, 5) is 10.6. The first-order chi connectivity index (χ1) is 9.54. The van der Waals surface area contributed by atoms with Crippen LogP contribution in [0.2, 0.25) is 13.3 Å². The fourth-order valence-electron chi connectivity index (χ4n) is 1.95. The Morgan fingerprint density at radius 3 is 2.30 bits per heavy atom. The molecule has 0 unspecified atom stereocenters. The molecular formula is C14H20N2O2SSn. The zero-order valence-corrected chi connectivity index (χ0v) is 16.1. The molecule has 0 atom stereocenters. The van der Waals surface area contributed by atoms with E-state index in [0.717, 1.165) is 4.70 Å². The van der Waals surface area contributed by atoms with Crippen LogP contribution in [0.15, 0.2) is 12.1 Å². The van der Waals surface area contributed by atoms with Gasteiger partial charge in [0, 0.05) is 5.56 Å². The van der Waals surface area contributed by atoms with Gasteiger partial charge in [-0.25, -0.2) is 0 Å². The van der Waals surface area contributed by atoms with Gasteiger partial charge in [0.1, 0.15) is 5.52 Å². The number of fused-ring (bicyclic) bond motifs is 1. The Balaban J connectivity index is 0.000000246. The Morgan fingerprint density at radius 1 is 1.25 bits per heavy atom. The van der Waals surface area contributed by atoms with Crippen LogP contribution in [-0.2, 0) is 0 Å². The van der Waals surface area contributed by atoms with Crippen LogP contribution in [0.4, 0.5) is 0 Å². The number of nitrogens with zero attached hydrogens (tertiary/aromatic N) is 2. The third-order valence-corrected chi connectivity index (χ3v) is 12.6. The number of benzene rings is 1. The number of carboxylic acid groups (broad SMARTS) is 1. The predicted octanol–water partition coefficient (Wildman–Crippen LogP) is 2.90. The van der Waals surface area contributed by atoms with Crippen molar-refractivity contribution in [3.05, 3.63) is 23.3 Å². The van der Waals surface area contributed by atoms with Crippen molar-refractivity contribution in [3.8, 4) is 0 Å². The largest absolute Gasteiger partial charge is 0.545 e. The van der Waals surface area contributed by atoms with Gasteiger partial charge in [0.05, 0.1) is 10.7 Å². The molecule has 0 amide bonds. The molecule has 0 aliphatic heterocycles. The van der Waals surface area contributed by atoms with Crippen molar-refractivity contribution in [3.63, 3.8) is 0 Å². The summed E-state index contributed by atoms with van der Waals surface area (Å²) < 4.78 is 9.28. The van der Waals surface area contributed by atoms with E-state index < -0.39 is 25.7 Å². The third-order valence-electron chi connectivity index (χ3n) is 3.39. The van der Waals surface area contributed by atoms with Gasteiger partial charge in [-0.2, -0.15) is 0 Å². The molecule has 0 saturated carbocycles. The number of aromatic nitrogens is 2. The summed E-state index contributed by atoms with van der Waals surface area (Å²) in [6.45, 7) is 8.75. The number of hydrogen-bond donors (Lipinski definition) is 0. The van der Waals surface area contributed by atoms with Crippen molar-refractivity contribution in [1.29, 1.82) is 0 Å². The fourth-order valence-corrected chi connectivity index (χ4v) is 6.85. The molecule has 6 heteroatoms. The van der Waals surface area contributed by atoms with Gasteiger partial charge in [-0.1, -0.05) is 10.6 Å². The van der Waals surface area contributed by atoms with Gasteiger partial charge < -0.3 is 9.90 Å². The molecule has 2 aromatic rings. The summed E-state index contributed by atoms with van der Waals surface area (Å²) in [6, 6.07) is 3.21. The molecule has 0 aliphatic rings. The Bertz CT molecular complexity index is 562. The van der Waals surface area contributed by atoms with Gasteiger partial charge >= 0.3 is 53.8 Å². The van der Waals surface area contributed by atoms with Crippen LogP contribution in [-0.4, -0.2) is 35.3 Å². The standard InChI is InChI=1S/C8H6N2O2S.3C2H5.Sn/c1-4-5(8(11)12)2-3-6-7(4)9-10-13-6;3*1-2;/h2-3H,1H3,(H,11,12);3*1H2,2H3;/q;;;;+1/p-1. The van der Waals surface area contributed by atoms with Crippen molar-refractivity contribution in [1.82, 2.24) is 9.59 Å². The van der Waals surface area contributed by atoms with E-state index in [-0.39, 0.29) is 5.56 Å². The molecule has 108 valence electrons. The molecule has 0 N–H and O–H groups in total. The second-order valence-corrected chi connectivity index (χ2v) is 15.6. The Kier molecular flexibility index (Phi) is 7.43. The van der Waals surface area contributed by atoms with Gasteiger partial charge in [0.2, 0.25) is 0 Å². The maximum Gasteiger partial charge on any atom is 0.109 e. The Labute approximate surface area is 131 Å². The van der Waals surface area contributed by atoms with E-state index >= 15 is 0 Å². The second kappa shape index (κ2) is 8.56. The van der Waals surface area contributed by atoms with Crippen LogP contribution in [0.25, 0.3) is 10.2 Å². The molecule has 0 spiro atoms. The zero-order valence-electron chi connectivity index (χ0n) is 12.4. The summed E-state index contributed by atoms with van der Waals surface area (Å²) in [5.41, 5.74) is 1.44. The first kappa shape index (κ1) is 17.4. The van der Waals surface area contributed by atoms with E-state index in [0.29, 0.717) is 11.1 Å². The van der Waals surface area contributed by atoms with E-state index in [9.17, 15) is 9.90 Å². The average molecular weight is 399 g/mol. The van der Waals surface area contributed by atoms with Crippen molar-refractivity contribution >= 4 is 47.5 Å². The van der Waals surface area contributed by atoms with Crippen molar-refractivity contribution in [2.24, 2.45) is 0 Å². The summed E-state index contributed by atoms with van der Waals surface area (Å²) in [5.74, 6) is -1.17. The van der Waals surface area contributed by atoms with Crippen molar-refractivity contribution < 1.29 is 9.90 Å². The molecule has 0 saturated heterocycles. The van der Waals surface area contributed by atoms with E-state index in [1.165, 1.54) is 17.6 Å². The summed E-state index contributed by atoms with van der Waals surface area (Å²) >= 11 is 0.595. The van der Waals surface area contributed by atoms with E-state index in [2.05, 4.69) is 30.4 Å². The van der Waals surface area contributed by atoms with Crippen LogP contribution >= 0.6 is 11.5 Å². The molecule has 0 bridgehead atoms. The molecule has 0 fully saturated rings. The summed E-state index contributed by atoms with van der Waals surface area (Å²) in [5, 5.41) is 14.5. The van der Waals surface area contributed by atoms with E-state index in [1.54, 1.807) is 26.3 Å². The molecule has 0 aliphatic carbocycles. The van der Waals surface area contributed by atoms with Gasteiger partial charge in [0.15, 0.2) is 0 Å². The molecular weight excluding hydrogens is 379 g/mol. The number of rotatable bonds is 4. The van der Waals surface area contributed by atoms with E-state index in [1.807, 2.05) is 0 Å². The minimum Gasteiger partial charge on any atom is -0.545 e. The van der Waals surface area contributed by atoms with Crippen molar-refractivity contribution in [2.75, 3.05) is 0 Å². The van der Waals surface area contributed by atoms with Gasteiger partial charge in [0.25, 0.3) is 0 Å². The van der Waals surface area contributed by atoms with Gasteiger partial charge in [-0.15, -0.1) is 5.10 Å². The molecule has 20 heavy (non-hydrogen) atoms. The van der Waals surface area contributed by atoms with Gasteiger partial charge in [-0.3, -0.25) is 0 Å². The molecule has 1 aromatic carbocycles. The predicted molar refractivity (Wildman–Crippen MR) is 83.7 cm³/mol. The molecule has 1 aromatic heterocycles. The maximum absolute atomic E-state index is 10.6. The fraction of sp³-hybridized carbons (Fsp3) is 0.500. The maximum atomic E-state index is 10.6. The van der Waals surface area contributed by atoms with Crippen LogP contribution < -0.4 is 5.11 Å². The summed E-state index contributed by atoms with van der Waals surface area (Å²) in [7, 11) is 0. The average Bonchev–Trinajstić information content (AvgIpc) is 2.91. The number of aryl methyl sites for hydroxylation is 1. The van der Waals surface area contributed by atoms with Crippen LogP contribution in [0.3, 0.4) is 0 Å². The number of hydrogen-bond acceptors (Lipinski definition) is 5. The number of carboxylic acids is 1. The second-order valence-electron chi connectivity index (χ2n) is 4.46. The minimum absolute atomic E-state index is 0.181. The van der Waals surface area contributed by atoms with E-state index in [4.69, 9.17) is 0 Å². The number of carbonyl (C=O) groups is 1. The molecule has 2 rings (SSSR count). The monoisotopic (exact) mass is 400 g/mol. The first-order valence-corrected chi connectivity index (χ1v) is 13.6. The molecule has 1 heterocycles. The summed E-state index contributed by atoms with van der Waals surface area (Å²) in [6.07, 6.45) is 0. The smallest absolute Gasteiger partial charge is 0.109 e. The van der Waals surface area contributed by atoms with Crippen molar-refractivity contribution in [2.45, 2.75) is 41.0 Å². The molecule has 0 radical (unpaired) electrons. The Hall–Kier alpha value is -0.691. The normalized spacial score (nSPS) is 10.0. The van der Waals surface area contributed by atoms with Gasteiger partial charge in [-0.05, 0) is 30.1 Å². The quantitative estimate of drug-likeness (QED) is 0.742. The number of carbonyl (C=O) groups excluding carboxylic acids is 1. The van der Waals surface area contributed by atoms with Crippen LogP contribution in [0.5, 0.6) is 0 Å². The first-order valence-electron chi connectivity index (χ1n) is 6.81. The SMILES string of the molecule is C[CH2][Sn+]([CH2]C)[CH2]C.Cc1c(C(=O)[O-])ccc2snnc12. The topological polar surface area (TPSA) is 65.9 Å². The molecule has 4 nitrogen and oxygen atoms in total. The Morgan fingerprint density at radius 2 is 1.85 bits per heavy atom. The minimum atomic E-state index is -1.17. The third kappa shape index (κ3) is 4.41. The van der Waals surface area contributed by atoms with Crippen LogP contribution in [0, 0.1) is 6.92 Å².